The lowest BCUT2D eigenvalue weighted by atomic mass is 9.95. The zero-order valence-electron chi connectivity index (χ0n) is 18.6. The topological polar surface area (TPSA) is 49.3 Å². The van der Waals surface area contributed by atoms with Crippen molar-refractivity contribution >= 4 is 11.7 Å². The van der Waals surface area contributed by atoms with Crippen LogP contribution in [0.2, 0.25) is 0 Å². The number of aromatic nitrogens is 2. The minimum Gasteiger partial charge on any atom is -0.353 e. The maximum atomic E-state index is 13.2. The van der Waals surface area contributed by atoms with Gasteiger partial charge in [-0.25, -0.2) is 9.97 Å². The Labute approximate surface area is 184 Å². The first-order valence-corrected chi connectivity index (χ1v) is 11.1. The number of benzene rings is 2. The van der Waals surface area contributed by atoms with Gasteiger partial charge in [0.05, 0.1) is 5.92 Å². The van der Waals surface area contributed by atoms with Crippen molar-refractivity contribution in [2.24, 2.45) is 0 Å². The number of amides is 1. The quantitative estimate of drug-likeness (QED) is 0.612. The molecule has 1 atom stereocenters. The molecule has 1 amide bonds. The first-order chi connectivity index (χ1) is 15.0. The zero-order chi connectivity index (χ0) is 21.8. The fourth-order valence-electron chi connectivity index (χ4n) is 4.24. The second-order valence-corrected chi connectivity index (χ2v) is 8.24. The van der Waals surface area contributed by atoms with Gasteiger partial charge in [-0.2, -0.15) is 0 Å². The summed E-state index contributed by atoms with van der Waals surface area (Å²) in [6.45, 7) is 9.16. The summed E-state index contributed by atoms with van der Waals surface area (Å²) in [6, 6.07) is 20.4. The number of hydrogen-bond acceptors (Lipinski definition) is 4. The minimum absolute atomic E-state index is 0.0676. The smallest absolute Gasteiger partial charge is 0.230 e. The van der Waals surface area contributed by atoms with E-state index < -0.39 is 0 Å². The summed E-state index contributed by atoms with van der Waals surface area (Å²) in [5.74, 6) is 1.85. The van der Waals surface area contributed by atoms with Gasteiger partial charge < -0.3 is 9.80 Å². The monoisotopic (exact) mass is 414 g/mol. The van der Waals surface area contributed by atoms with E-state index >= 15 is 0 Å². The van der Waals surface area contributed by atoms with Crippen LogP contribution in [-0.4, -0.2) is 47.0 Å². The van der Waals surface area contributed by atoms with Crippen molar-refractivity contribution in [1.29, 1.82) is 0 Å². The number of hydrogen-bond donors (Lipinski definition) is 0. The molecule has 0 aliphatic carbocycles. The molecule has 0 saturated carbocycles. The maximum Gasteiger partial charge on any atom is 0.230 e. The summed E-state index contributed by atoms with van der Waals surface area (Å²) in [4.78, 5) is 26.9. The average Bonchev–Trinajstić information content (AvgIpc) is 2.80. The summed E-state index contributed by atoms with van der Waals surface area (Å²) in [5.41, 5.74) is 4.29. The van der Waals surface area contributed by atoms with E-state index in [0.717, 1.165) is 48.0 Å². The summed E-state index contributed by atoms with van der Waals surface area (Å²) in [6.07, 6.45) is 0.814. The van der Waals surface area contributed by atoms with Gasteiger partial charge in [-0.1, -0.05) is 61.0 Å². The summed E-state index contributed by atoms with van der Waals surface area (Å²) in [5, 5.41) is 0. The first kappa shape index (κ1) is 21.0. The Morgan fingerprint density at radius 2 is 1.68 bits per heavy atom. The molecule has 1 aliphatic rings. The lowest BCUT2D eigenvalue weighted by molar-refractivity contribution is -0.133. The van der Waals surface area contributed by atoms with E-state index in [1.54, 1.807) is 0 Å². The number of piperazine rings is 1. The number of aryl methyl sites for hydroxylation is 2. The normalized spacial score (nSPS) is 15.1. The molecule has 1 fully saturated rings. The highest BCUT2D eigenvalue weighted by molar-refractivity contribution is 5.84. The Bertz CT molecular complexity index is 1040. The molecule has 0 spiro atoms. The van der Waals surface area contributed by atoms with Gasteiger partial charge in [0.15, 0.2) is 5.82 Å². The molecule has 0 radical (unpaired) electrons. The molecule has 2 aromatic carbocycles. The lowest BCUT2D eigenvalue weighted by Crippen LogP contribution is -2.50. The van der Waals surface area contributed by atoms with Crippen molar-refractivity contribution in [1.82, 2.24) is 14.9 Å². The second-order valence-electron chi connectivity index (χ2n) is 8.24. The molecule has 4 rings (SSSR count). The number of carbonyl (C=O) groups is 1. The molecule has 0 bridgehead atoms. The van der Waals surface area contributed by atoms with Gasteiger partial charge in [-0.15, -0.1) is 0 Å². The molecule has 0 N–H and O–H groups in total. The van der Waals surface area contributed by atoms with Gasteiger partial charge >= 0.3 is 0 Å². The van der Waals surface area contributed by atoms with E-state index in [4.69, 9.17) is 4.98 Å². The molecule has 2 heterocycles. The van der Waals surface area contributed by atoms with Crippen LogP contribution in [0.15, 0.2) is 60.7 Å². The summed E-state index contributed by atoms with van der Waals surface area (Å²) < 4.78 is 0. The van der Waals surface area contributed by atoms with Crippen LogP contribution in [0.1, 0.15) is 36.1 Å². The average molecular weight is 415 g/mol. The van der Waals surface area contributed by atoms with Gasteiger partial charge in [-0.3, -0.25) is 4.79 Å². The molecule has 1 saturated heterocycles. The van der Waals surface area contributed by atoms with Gasteiger partial charge in [0, 0.05) is 43.5 Å². The number of rotatable bonds is 5. The van der Waals surface area contributed by atoms with Crippen molar-refractivity contribution in [3.05, 3.63) is 77.5 Å². The molecule has 5 nitrogen and oxygen atoms in total. The number of nitrogens with zero attached hydrogens (tertiary/aromatic N) is 4. The Morgan fingerprint density at radius 3 is 2.35 bits per heavy atom. The number of carbonyl (C=O) groups excluding carboxylic acids is 1. The van der Waals surface area contributed by atoms with E-state index in [1.165, 1.54) is 5.56 Å². The fraction of sp³-hybridized carbons (Fsp3) is 0.346. The van der Waals surface area contributed by atoms with E-state index in [2.05, 4.69) is 54.1 Å². The van der Waals surface area contributed by atoms with Crippen molar-refractivity contribution < 1.29 is 4.79 Å². The Morgan fingerprint density at radius 1 is 0.935 bits per heavy atom. The molecule has 3 aromatic rings. The molecule has 160 valence electrons. The summed E-state index contributed by atoms with van der Waals surface area (Å²) in [7, 11) is 0. The highest BCUT2D eigenvalue weighted by atomic mass is 16.2. The molecular formula is C26H30N4O. The van der Waals surface area contributed by atoms with Crippen LogP contribution in [0.25, 0.3) is 11.4 Å². The van der Waals surface area contributed by atoms with Crippen LogP contribution in [0.3, 0.4) is 0 Å². The molecule has 1 aromatic heterocycles. The van der Waals surface area contributed by atoms with Crippen LogP contribution < -0.4 is 4.90 Å². The van der Waals surface area contributed by atoms with Crippen molar-refractivity contribution in [3.63, 3.8) is 0 Å². The van der Waals surface area contributed by atoms with Crippen molar-refractivity contribution in [2.45, 2.75) is 33.1 Å². The van der Waals surface area contributed by atoms with Gasteiger partial charge in [0.1, 0.15) is 5.82 Å². The number of anilines is 1. The van der Waals surface area contributed by atoms with Gasteiger partial charge in [0.2, 0.25) is 5.91 Å². The molecule has 31 heavy (non-hydrogen) atoms. The van der Waals surface area contributed by atoms with Gasteiger partial charge in [-0.05, 0) is 31.9 Å². The van der Waals surface area contributed by atoms with Crippen LogP contribution in [0, 0.1) is 13.8 Å². The second kappa shape index (κ2) is 9.29. The largest absolute Gasteiger partial charge is 0.353 e. The maximum absolute atomic E-state index is 13.2. The summed E-state index contributed by atoms with van der Waals surface area (Å²) >= 11 is 0. The van der Waals surface area contributed by atoms with Crippen LogP contribution in [-0.2, 0) is 4.79 Å². The Balaban J connectivity index is 1.47. The molecule has 1 unspecified atom stereocenters. The Kier molecular flexibility index (Phi) is 6.31. The van der Waals surface area contributed by atoms with E-state index in [0.29, 0.717) is 13.1 Å². The van der Waals surface area contributed by atoms with Crippen LogP contribution in [0.5, 0.6) is 0 Å². The standard InChI is InChI=1S/C26H30N4O/c1-4-23(21-10-6-5-7-11-21)26(31)30-15-13-29(14-16-30)24-18-20(3)27-25(28-24)22-12-8-9-19(2)17-22/h5-12,17-18,23H,4,13-16H2,1-3H3. The predicted octanol–water partition coefficient (Wildman–Crippen LogP) is 4.60. The highest BCUT2D eigenvalue weighted by Crippen LogP contribution is 2.25. The van der Waals surface area contributed by atoms with Gasteiger partial charge in [0.25, 0.3) is 0 Å². The third-order valence-corrected chi connectivity index (χ3v) is 5.94. The molecular weight excluding hydrogens is 384 g/mol. The van der Waals surface area contributed by atoms with E-state index in [9.17, 15) is 4.79 Å². The van der Waals surface area contributed by atoms with E-state index in [1.807, 2.05) is 42.2 Å². The molecule has 1 aliphatic heterocycles. The third-order valence-electron chi connectivity index (χ3n) is 5.94. The first-order valence-electron chi connectivity index (χ1n) is 11.1. The molecule has 5 heteroatoms. The Hall–Kier alpha value is -3.21. The highest BCUT2D eigenvalue weighted by Gasteiger charge is 2.28. The van der Waals surface area contributed by atoms with Crippen LogP contribution in [0.4, 0.5) is 5.82 Å². The fourth-order valence-corrected chi connectivity index (χ4v) is 4.24. The predicted molar refractivity (Wildman–Crippen MR) is 125 cm³/mol. The minimum atomic E-state index is -0.0676. The SMILES string of the molecule is CCC(C(=O)N1CCN(c2cc(C)nc(-c3cccc(C)c3)n2)CC1)c1ccccc1. The van der Waals surface area contributed by atoms with Crippen LogP contribution >= 0.6 is 0 Å². The van der Waals surface area contributed by atoms with E-state index in [-0.39, 0.29) is 11.8 Å². The third kappa shape index (κ3) is 4.76. The lowest BCUT2D eigenvalue weighted by Gasteiger charge is -2.37. The van der Waals surface area contributed by atoms with Crippen molar-refractivity contribution in [2.75, 3.05) is 31.1 Å². The van der Waals surface area contributed by atoms with Crippen molar-refractivity contribution in [3.8, 4) is 11.4 Å². The zero-order valence-corrected chi connectivity index (χ0v) is 18.6.